The number of hydrogen-bond donors (Lipinski definition) is 2. The van der Waals surface area contributed by atoms with Crippen LogP contribution in [0.5, 0.6) is 0 Å². The van der Waals surface area contributed by atoms with Crippen LogP contribution in [-0.4, -0.2) is 22.7 Å². The number of nitrogens with one attached hydrogen (secondary N) is 1. The Bertz CT molecular complexity index is 341. The van der Waals surface area contributed by atoms with Crippen LogP contribution in [0.2, 0.25) is 0 Å². The van der Waals surface area contributed by atoms with Crippen molar-refractivity contribution >= 4 is 5.97 Å². The summed E-state index contributed by atoms with van der Waals surface area (Å²) in [6.07, 6.45) is 0. The summed E-state index contributed by atoms with van der Waals surface area (Å²) in [5.41, 5.74) is 2.79. The third-order valence-corrected chi connectivity index (χ3v) is 2.23. The van der Waals surface area contributed by atoms with Crippen LogP contribution in [-0.2, 0) is 11.3 Å². The predicted octanol–water partition coefficient (Wildman–Crippen LogP) is 1.30. The van der Waals surface area contributed by atoms with Crippen LogP contribution in [0.15, 0.2) is 0 Å². The lowest BCUT2D eigenvalue weighted by Crippen LogP contribution is -2.06. The van der Waals surface area contributed by atoms with Crippen molar-refractivity contribution in [2.75, 3.05) is 6.61 Å². The van der Waals surface area contributed by atoms with Crippen LogP contribution < -0.4 is 0 Å². The Morgan fingerprint density at radius 1 is 1.50 bits per heavy atom. The molecule has 1 aromatic heterocycles. The highest BCUT2D eigenvalue weighted by Crippen LogP contribution is 2.18. The van der Waals surface area contributed by atoms with Gasteiger partial charge in [0.25, 0.3) is 0 Å². The molecule has 0 aliphatic carbocycles. The fourth-order valence-corrected chi connectivity index (χ4v) is 1.43. The van der Waals surface area contributed by atoms with Gasteiger partial charge < -0.3 is 14.8 Å². The first-order valence-electron chi connectivity index (χ1n) is 4.57. The summed E-state index contributed by atoms with van der Waals surface area (Å²) in [6, 6.07) is 0. The lowest BCUT2D eigenvalue weighted by molar-refractivity contribution is 0.0519. The van der Waals surface area contributed by atoms with Gasteiger partial charge >= 0.3 is 5.97 Å². The number of hydrogen-bond acceptors (Lipinski definition) is 3. The van der Waals surface area contributed by atoms with Gasteiger partial charge in [0.05, 0.1) is 13.2 Å². The zero-order valence-electron chi connectivity index (χ0n) is 8.68. The minimum Gasteiger partial charge on any atom is -0.461 e. The molecule has 78 valence electrons. The molecule has 0 atom stereocenters. The number of aromatic amines is 1. The highest BCUT2D eigenvalue weighted by molar-refractivity contribution is 5.89. The summed E-state index contributed by atoms with van der Waals surface area (Å²) < 4.78 is 4.87. The zero-order valence-corrected chi connectivity index (χ0v) is 8.68. The number of rotatable bonds is 3. The summed E-state index contributed by atoms with van der Waals surface area (Å²) in [6.45, 7) is 5.66. The number of aliphatic hydroxyl groups is 1. The molecule has 0 amide bonds. The fraction of sp³-hybridized carbons (Fsp3) is 0.500. The van der Waals surface area contributed by atoms with Gasteiger partial charge in [0.15, 0.2) is 0 Å². The van der Waals surface area contributed by atoms with Crippen LogP contribution in [0.1, 0.15) is 34.2 Å². The van der Waals surface area contributed by atoms with Gasteiger partial charge in [-0.3, -0.25) is 0 Å². The van der Waals surface area contributed by atoms with Crippen molar-refractivity contribution in [1.82, 2.24) is 4.98 Å². The van der Waals surface area contributed by atoms with Crippen molar-refractivity contribution < 1.29 is 14.6 Å². The third kappa shape index (κ3) is 1.80. The molecule has 0 aliphatic heterocycles. The third-order valence-electron chi connectivity index (χ3n) is 2.23. The Labute approximate surface area is 82.9 Å². The molecule has 0 bridgehead atoms. The molecule has 0 saturated carbocycles. The molecule has 2 N–H and O–H groups in total. The Balaban J connectivity index is 3.04. The summed E-state index contributed by atoms with van der Waals surface area (Å²) in [4.78, 5) is 14.3. The number of aromatic nitrogens is 1. The van der Waals surface area contributed by atoms with Gasteiger partial charge in [0.1, 0.15) is 5.69 Å². The maximum Gasteiger partial charge on any atom is 0.355 e. The van der Waals surface area contributed by atoms with E-state index in [1.54, 1.807) is 13.8 Å². The molecule has 4 nitrogen and oxygen atoms in total. The smallest absolute Gasteiger partial charge is 0.355 e. The number of ether oxygens (including phenoxy) is 1. The molecule has 0 radical (unpaired) electrons. The Morgan fingerprint density at radius 2 is 2.14 bits per heavy atom. The molecule has 1 rings (SSSR count). The minimum absolute atomic E-state index is 0.0619. The van der Waals surface area contributed by atoms with Crippen LogP contribution in [0.25, 0.3) is 0 Å². The number of carbonyl (C=O) groups is 1. The summed E-state index contributed by atoms with van der Waals surface area (Å²) in [5, 5.41) is 9.05. The summed E-state index contributed by atoms with van der Waals surface area (Å²) in [5.74, 6) is -0.368. The molecule has 0 saturated heterocycles. The van der Waals surface area contributed by atoms with E-state index in [1.807, 2.05) is 6.92 Å². The minimum atomic E-state index is -0.368. The van der Waals surface area contributed by atoms with E-state index in [2.05, 4.69) is 4.98 Å². The second-order valence-corrected chi connectivity index (χ2v) is 3.11. The van der Waals surface area contributed by atoms with Gasteiger partial charge in [-0.2, -0.15) is 0 Å². The van der Waals surface area contributed by atoms with Gasteiger partial charge in [-0.05, 0) is 26.3 Å². The topological polar surface area (TPSA) is 62.3 Å². The van der Waals surface area contributed by atoms with E-state index >= 15 is 0 Å². The van der Waals surface area contributed by atoms with E-state index < -0.39 is 0 Å². The molecule has 0 fully saturated rings. The Hall–Kier alpha value is -1.29. The molecular formula is C10H15NO3. The number of H-pyrrole nitrogens is 1. The predicted molar refractivity (Wildman–Crippen MR) is 52.1 cm³/mol. The Kier molecular flexibility index (Phi) is 3.30. The van der Waals surface area contributed by atoms with E-state index in [4.69, 9.17) is 9.84 Å². The average Bonchev–Trinajstić information content (AvgIpc) is 2.42. The highest BCUT2D eigenvalue weighted by atomic mass is 16.5. The van der Waals surface area contributed by atoms with Crippen LogP contribution in [0.4, 0.5) is 0 Å². The van der Waals surface area contributed by atoms with Gasteiger partial charge in [-0.25, -0.2) is 4.79 Å². The summed E-state index contributed by atoms with van der Waals surface area (Å²) in [7, 11) is 0. The normalized spacial score (nSPS) is 10.3. The van der Waals surface area contributed by atoms with E-state index in [-0.39, 0.29) is 12.6 Å². The largest absolute Gasteiger partial charge is 0.461 e. The average molecular weight is 197 g/mol. The first-order valence-corrected chi connectivity index (χ1v) is 4.57. The number of esters is 1. The molecule has 4 heteroatoms. The standard InChI is InChI=1S/C10H15NO3/c1-4-14-10(13)9-6(2)8(5-12)7(3)11-9/h11-12H,4-5H2,1-3H3. The number of aliphatic hydroxyl groups excluding tert-OH is 1. The van der Waals surface area contributed by atoms with Crippen molar-refractivity contribution in [3.05, 3.63) is 22.5 Å². The zero-order chi connectivity index (χ0) is 10.7. The molecule has 0 spiro atoms. The number of carbonyl (C=O) groups excluding carboxylic acids is 1. The monoisotopic (exact) mass is 197 g/mol. The quantitative estimate of drug-likeness (QED) is 0.718. The SMILES string of the molecule is CCOC(=O)c1[nH]c(C)c(CO)c1C. The lowest BCUT2D eigenvalue weighted by Gasteiger charge is -2.00. The second-order valence-electron chi connectivity index (χ2n) is 3.11. The van der Waals surface area contributed by atoms with Gasteiger partial charge in [-0.15, -0.1) is 0 Å². The highest BCUT2D eigenvalue weighted by Gasteiger charge is 2.17. The van der Waals surface area contributed by atoms with Gasteiger partial charge in [0, 0.05) is 11.3 Å². The van der Waals surface area contributed by atoms with Crippen LogP contribution in [0, 0.1) is 13.8 Å². The first kappa shape index (κ1) is 10.8. The first-order chi connectivity index (χ1) is 6.61. The van der Waals surface area contributed by atoms with Crippen molar-refractivity contribution in [1.29, 1.82) is 0 Å². The molecule has 14 heavy (non-hydrogen) atoms. The van der Waals surface area contributed by atoms with E-state index in [9.17, 15) is 4.79 Å². The van der Waals surface area contributed by atoms with Gasteiger partial charge in [0.2, 0.25) is 0 Å². The fourth-order valence-electron chi connectivity index (χ4n) is 1.43. The van der Waals surface area contributed by atoms with Crippen LogP contribution >= 0.6 is 0 Å². The molecule has 1 aromatic rings. The maximum atomic E-state index is 11.4. The van der Waals surface area contributed by atoms with Crippen molar-refractivity contribution in [2.45, 2.75) is 27.4 Å². The second kappa shape index (κ2) is 4.28. The lowest BCUT2D eigenvalue weighted by atomic mass is 10.1. The van der Waals surface area contributed by atoms with Crippen molar-refractivity contribution in [3.8, 4) is 0 Å². The Morgan fingerprint density at radius 3 is 2.57 bits per heavy atom. The molecule has 1 heterocycles. The molecular weight excluding hydrogens is 182 g/mol. The molecule has 0 aromatic carbocycles. The number of aryl methyl sites for hydroxylation is 1. The van der Waals surface area contributed by atoms with Crippen molar-refractivity contribution in [2.24, 2.45) is 0 Å². The summed E-state index contributed by atoms with van der Waals surface area (Å²) >= 11 is 0. The van der Waals surface area contributed by atoms with Crippen LogP contribution in [0.3, 0.4) is 0 Å². The van der Waals surface area contributed by atoms with E-state index in [0.29, 0.717) is 12.3 Å². The van der Waals surface area contributed by atoms with Crippen molar-refractivity contribution in [3.63, 3.8) is 0 Å². The molecule has 0 unspecified atom stereocenters. The maximum absolute atomic E-state index is 11.4. The van der Waals surface area contributed by atoms with Gasteiger partial charge in [-0.1, -0.05) is 0 Å². The molecule has 0 aliphatic rings. The van der Waals surface area contributed by atoms with E-state index in [0.717, 1.165) is 16.8 Å². The van der Waals surface area contributed by atoms with E-state index in [1.165, 1.54) is 0 Å².